The first-order valence-corrected chi connectivity index (χ1v) is 17.3. The van der Waals surface area contributed by atoms with Gasteiger partial charge in [0.1, 0.15) is 11.6 Å². The number of likely N-dealkylation sites (tertiary alicyclic amines) is 1. The van der Waals surface area contributed by atoms with Crippen molar-refractivity contribution in [3.63, 3.8) is 0 Å². The highest BCUT2D eigenvalue weighted by atomic mass is 19.1. The third kappa shape index (κ3) is 8.11. The number of carbonyl (C=O) groups is 3. The van der Waals surface area contributed by atoms with Crippen LogP contribution in [0, 0.1) is 29.6 Å². The molecule has 1 aromatic heterocycles. The van der Waals surface area contributed by atoms with Gasteiger partial charge in [-0.2, -0.15) is 0 Å². The molecule has 3 N–H and O–H groups in total. The minimum Gasteiger partial charge on any atom is -0.460 e. The van der Waals surface area contributed by atoms with Gasteiger partial charge < -0.3 is 29.8 Å². The van der Waals surface area contributed by atoms with Gasteiger partial charge in [-0.25, -0.2) is 4.79 Å². The maximum Gasteiger partial charge on any atom is 0.374 e. The average Bonchev–Trinajstić information content (AvgIpc) is 3.69. The van der Waals surface area contributed by atoms with Crippen molar-refractivity contribution in [2.45, 2.75) is 103 Å². The van der Waals surface area contributed by atoms with Crippen LogP contribution in [-0.2, 0) is 19.1 Å². The van der Waals surface area contributed by atoms with Crippen LogP contribution in [0.4, 0.5) is 10.1 Å². The van der Waals surface area contributed by atoms with Gasteiger partial charge in [0.25, 0.3) is 0 Å². The van der Waals surface area contributed by atoms with E-state index in [9.17, 15) is 18.8 Å². The fourth-order valence-corrected chi connectivity index (χ4v) is 7.93. The molecule has 254 valence electrons. The van der Waals surface area contributed by atoms with Crippen LogP contribution in [0.5, 0.6) is 0 Å². The Kier molecular flexibility index (Phi) is 11.8. The number of amides is 2. The molecule has 1 aliphatic heterocycles. The Morgan fingerprint density at radius 3 is 2.43 bits per heavy atom. The lowest BCUT2D eigenvalue weighted by molar-refractivity contribution is -0.142. The summed E-state index contributed by atoms with van der Waals surface area (Å²) in [6.07, 6.45) is 9.11. The molecule has 0 unspecified atom stereocenters. The number of halogens is 1. The predicted molar refractivity (Wildman–Crippen MR) is 175 cm³/mol. The fraction of sp³-hybridized carbons (Fsp3) is 0.694. The Bertz CT molecular complexity index is 1330. The zero-order chi connectivity index (χ0) is 32.8. The number of furan rings is 1. The first kappa shape index (κ1) is 34.4. The van der Waals surface area contributed by atoms with E-state index in [1.165, 1.54) is 0 Å². The van der Waals surface area contributed by atoms with Gasteiger partial charge in [0.15, 0.2) is 0 Å². The van der Waals surface area contributed by atoms with Crippen LogP contribution in [-0.4, -0.2) is 67.8 Å². The molecular formula is C36H52FN3O6. The van der Waals surface area contributed by atoms with E-state index < -0.39 is 18.7 Å². The summed E-state index contributed by atoms with van der Waals surface area (Å²) in [6, 6.07) is 6.21. The van der Waals surface area contributed by atoms with E-state index in [1.807, 2.05) is 4.90 Å². The molecule has 5 rings (SSSR count). The van der Waals surface area contributed by atoms with Gasteiger partial charge in [0, 0.05) is 36.7 Å². The number of fused-ring (bicyclic) bond motifs is 1. The van der Waals surface area contributed by atoms with E-state index >= 15 is 0 Å². The van der Waals surface area contributed by atoms with Crippen molar-refractivity contribution in [3.8, 4) is 0 Å². The molecule has 2 aromatic rings. The molecular weight excluding hydrogens is 589 g/mol. The number of hydrogen-bond acceptors (Lipinski definition) is 7. The van der Waals surface area contributed by atoms with Crippen molar-refractivity contribution in [2.24, 2.45) is 35.3 Å². The number of benzene rings is 1. The Hall–Kier alpha value is -2.98. The number of rotatable bonds is 12. The lowest BCUT2D eigenvalue weighted by atomic mass is 9.75. The van der Waals surface area contributed by atoms with Gasteiger partial charge in [-0.1, -0.05) is 13.8 Å². The third-order valence-corrected chi connectivity index (χ3v) is 10.7. The summed E-state index contributed by atoms with van der Waals surface area (Å²) in [5.74, 6) is 0.420. The zero-order valence-electron chi connectivity index (χ0n) is 27.7. The van der Waals surface area contributed by atoms with Crippen LogP contribution in [0.25, 0.3) is 11.0 Å². The topological polar surface area (TPSA) is 124 Å². The Morgan fingerprint density at radius 1 is 1.02 bits per heavy atom. The summed E-state index contributed by atoms with van der Waals surface area (Å²) in [6.45, 7) is 4.61. The molecule has 10 heteroatoms. The number of carbonyl (C=O) groups excluding carboxylic acids is 3. The number of alkyl halides is 1. The van der Waals surface area contributed by atoms with Crippen LogP contribution in [0.2, 0.25) is 0 Å². The van der Waals surface area contributed by atoms with Crippen LogP contribution in [0.15, 0.2) is 28.7 Å². The standard InChI is InChI=1S/C36H52FN3O6/c1-22(2)16-19-45-36(43)32-21-26-20-27(10-13-31(26)46-32)39-34(41)33-29(23-8-11-28(44-3)12-9-23)15-18-40(33)35(42)25-6-4-24(5-7-25)30(38)14-17-37/h10,13,20-25,28-30,33H,4-9,11-12,14-19,38H2,1-3H3,(H,39,41)/t23?,24?,25?,28?,29-,30+,33-/m0/s1. The van der Waals surface area contributed by atoms with Gasteiger partial charge >= 0.3 is 5.97 Å². The monoisotopic (exact) mass is 641 g/mol. The van der Waals surface area contributed by atoms with E-state index in [1.54, 1.807) is 31.4 Å². The maximum absolute atomic E-state index is 14.1. The van der Waals surface area contributed by atoms with Crippen LogP contribution in [0.3, 0.4) is 0 Å². The molecule has 3 aliphatic rings. The number of nitrogens with two attached hydrogens (primary N) is 1. The van der Waals surface area contributed by atoms with E-state index in [0.717, 1.165) is 64.2 Å². The van der Waals surface area contributed by atoms with Crippen molar-refractivity contribution in [1.29, 1.82) is 0 Å². The molecule has 0 spiro atoms. The number of nitrogens with one attached hydrogen (secondary N) is 1. The number of anilines is 1. The summed E-state index contributed by atoms with van der Waals surface area (Å²) >= 11 is 0. The number of esters is 1. The van der Waals surface area contributed by atoms with Crippen molar-refractivity contribution in [2.75, 3.05) is 32.3 Å². The molecule has 9 nitrogen and oxygen atoms in total. The lowest BCUT2D eigenvalue weighted by Crippen LogP contribution is -2.50. The van der Waals surface area contributed by atoms with Crippen molar-refractivity contribution >= 4 is 34.4 Å². The largest absolute Gasteiger partial charge is 0.460 e. The van der Waals surface area contributed by atoms with Gasteiger partial charge in [0.05, 0.1) is 19.4 Å². The summed E-state index contributed by atoms with van der Waals surface area (Å²) in [5, 5.41) is 3.79. The summed E-state index contributed by atoms with van der Waals surface area (Å²) in [7, 11) is 1.76. The fourth-order valence-electron chi connectivity index (χ4n) is 7.93. The minimum absolute atomic E-state index is 0.0525. The molecule has 1 saturated heterocycles. The van der Waals surface area contributed by atoms with Gasteiger partial charge in [0.2, 0.25) is 17.6 Å². The second-order valence-electron chi connectivity index (χ2n) is 14.1. The smallest absolute Gasteiger partial charge is 0.374 e. The first-order chi connectivity index (χ1) is 22.2. The molecule has 2 amide bonds. The molecule has 3 atom stereocenters. The third-order valence-electron chi connectivity index (χ3n) is 10.7. The number of methoxy groups -OCH3 is 1. The molecule has 1 aromatic carbocycles. The Labute approximate surface area is 272 Å². The first-order valence-electron chi connectivity index (χ1n) is 17.3. The highest BCUT2D eigenvalue weighted by molar-refractivity contribution is 6.00. The van der Waals surface area contributed by atoms with Crippen molar-refractivity contribution in [3.05, 3.63) is 30.0 Å². The number of hydrogen-bond donors (Lipinski definition) is 2. The van der Waals surface area contributed by atoms with Gasteiger partial charge in [-0.3, -0.25) is 14.0 Å². The highest BCUT2D eigenvalue weighted by Crippen LogP contribution is 2.42. The molecule has 0 radical (unpaired) electrons. The van der Waals surface area contributed by atoms with Gasteiger partial charge in [-0.05, 0) is 119 Å². The normalized spacial score (nSPS) is 27.6. The van der Waals surface area contributed by atoms with Crippen molar-refractivity contribution in [1.82, 2.24) is 4.90 Å². The lowest BCUT2D eigenvalue weighted by Gasteiger charge is -2.37. The predicted octanol–water partition coefficient (Wildman–Crippen LogP) is 6.49. The van der Waals surface area contributed by atoms with Crippen LogP contribution >= 0.6 is 0 Å². The molecule has 2 aliphatic carbocycles. The average molecular weight is 642 g/mol. The number of ether oxygens (including phenoxy) is 2. The minimum atomic E-state index is -0.561. The van der Waals surface area contributed by atoms with Crippen LogP contribution < -0.4 is 11.1 Å². The molecule has 2 heterocycles. The second-order valence-corrected chi connectivity index (χ2v) is 14.1. The summed E-state index contributed by atoms with van der Waals surface area (Å²) in [4.78, 5) is 42.5. The molecule has 2 saturated carbocycles. The Balaban J connectivity index is 1.30. The van der Waals surface area contributed by atoms with Crippen LogP contribution in [0.1, 0.15) is 95.0 Å². The maximum atomic E-state index is 14.1. The van der Waals surface area contributed by atoms with E-state index in [4.69, 9.17) is 19.6 Å². The quantitative estimate of drug-likeness (QED) is 0.254. The van der Waals surface area contributed by atoms with E-state index in [2.05, 4.69) is 19.2 Å². The Morgan fingerprint density at radius 2 is 1.76 bits per heavy atom. The molecule has 3 fully saturated rings. The molecule has 0 bridgehead atoms. The van der Waals surface area contributed by atoms with Crippen molar-refractivity contribution < 1.29 is 32.7 Å². The summed E-state index contributed by atoms with van der Waals surface area (Å²) < 4.78 is 29.6. The number of nitrogens with zero attached hydrogens (tertiary/aromatic N) is 1. The second kappa shape index (κ2) is 15.7. The van der Waals surface area contributed by atoms with Gasteiger partial charge in [-0.15, -0.1) is 0 Å². The van der Waals surface area contributed by atoms with E-state index in [-0.39, 0.29) is 47.5 Å². The SMILES string of the molecule is COC1CCC([C@@H]2CCN(C(=O)C3CCC([C@H](N)CCF)CC3)[C@@H]2C(=O)Nc2ccc3oc(C(=O)OCCC(C)C)cc3c2)CC1. The van der Waals surface area contributed by atoms with E-state index in [0.29, 0.717) is 48.1 Å². The zero-order valence-corrected chi connectivity index (χ0v) is 27.7. The highest BCUT2D eigenvalue weighted by Gasteiger charge is 2.47. The molecule has 46 heavy (non-hydrogen) atoms. The summed E-state index contributed by atoms with van der Waals surface area (Å²) in [5.41, 5.74) is 7.33.